The Morgan fingerprint density at radius 1 is 1.39 bits per heavy atom. The average Bonchev–Trinajstić information content (AvgIpc) is 2.34. The number of anilines is 1. The number of nitrogens with two attached hydrogens (primary N) is 1. The number of nitro groups is 1. The zero-order valence-electron chi connectivity index (χ0n) is 10.4. The summed E-state index contributed by atoms with van der Waals surface area (Å²) in [5, 5.41) is 10.7. The molecule has 0 spiro atoms. The SMILES string of the molecule is CC(C)OCCOc1cc(NN)cc([N+](=O)[O-])c1. The van der Waals surface area contributed by atoms with Gasteiger partial charge in [-0.15, -0.1) is 0 Å². The van der Waals surface area contributed by atoms with E-state index in [1.807, 2.05) is 13.8 Å². The van der Waals surface area contributed by atoms with Crippen LogP contribution in [0.4, 0.5) is 11.4 Å². The number of nitro benzene ring substituents is 1. The van der Waals surface area contributed by atoms with Gasteiger partial charge in [-0.2, -0.15) is 0 Å². The van der Waals surface area contributed by atoms with Crippen molar-refractivity contribution in [2.24, 2.45) is 5.84 Å². The highest BCUT2D eigenvalue weighted by atomic mass is 16.6. The van der Waals surface area contributed by atoms with E-state index in [2.05, 4.69) is 5.43 Å². The Hall–Kier alpha value is -1.86. The van der Waals surface area contributed by atoms with Gasteiger partial charge in [-0.1, -0.05) is 0 Å². The molecule has 7 heteroatoms. The van der Waals surface area contributed by atoms with Crippen LogP contribution in [0.15, 0.2) is 18.2 Å². The fourth-order valence-electron chi connectivity index (χ4n) is 1.30. The maximum absolute atomic E-state index is 10.7. The lowest BCUT2D eigenvalue weighted by Crippen LogP contribution is -2.12. The first kappa shape index (κ1) is 14.2. The molecular formula is C11H17N3O4. The van der Waals surface area contributed by atoms with Gasteiger partial charge in [0.2, 0.25) is 0 Å². The molecule has 100 valence electrons. The van der Waals surface area contributed by atoms with Gasteiger partial charge in [0.25, 0.3) is 5.69 Å². The predicted molar refractivity (Wildman–Crippen MR) is 67.5 cm³/mol. The number of non-ortho nitro benzene ring substituents is 1. The third kappa shape index (κ3) is 4.56. The molecule has 0 bridgehead atoms. The lowest BCUT2D eigenvalue weighted by Gasteiger charge is -2.10. The highest BCUT2D eigenvalue weighted by Gasteiger charge is 2.10. The van der Waals surface area contributed by atoms with Crippen molar-refractivity contribution < 1.29 is 14.4 Å². The Labute approximate surface area is 105 Å². The summed E-state index contributed by atoms with van der Waals surface area (Å²) in [5.41, 5.74) is 2.70. The molecule has 3 N–H and O–H groups in total. The molecule has 0 aliphatic rings. The minimum Gasteiger partial charge on any atom is -0.491 e. The number of ether oxygens (including phenoxy) is 2. The molecule has 1 aromatic rings. The van der Waals surface area contributed by atoms with Gasteiger partial charge in [0.15, 0.2) is 0 Å². The minimum absolute atomic E-state index is 0.0785. The van der Waals surface area contributed by atoms with Gasteiger partial charge in [0.05, 0.1) is 29.4 Å². The fourth-order valence-corrected chi connectivity index (χ4v) is 1.30. The Balaban J connectivity index is 2.64. The molecule has 0 unspecified atom stereocenters. The van der Waals surface area contributed by atoms with E-state index in [4.69, 9.17) is 15.3 Å². The van der Waals surface area contributed by atoms with Gasteiger partial charge in [0, 0.05) is 12.1 Å². The Morgan fingerprint density at radius 2 is 2.11 bits per heavy atom. The quantitative estimate of drug-likeness (QED) is 0.333. The second-order valence-corrected chi connectivity index (χ2v) is 3.89. The molecule has 0 amide bonds. The summed E-state index contributed by atoms with van der Waals surface area (Å²) >= 11 is 0. The zero-order valence-corrected chi connectivity index (χ0v) is 10.4. The Bertz CT molecular complexity index is 409. The number of nitrogen functional groups attached to an aromatic ring is 1. The third-order valence-electron chi connectivity index (χ3n) is 2.07. The standard InChI is InChI=1S/C11H17N3O4/c1-8(2)17-3-4-18-11-6-9(13-12)5-10(7-11)14(15)16/h5-8,13H,3-4,12H2,1-2H3. The van der Waals surface area contributed by atoms with Gasteiger partial charge in [-0.05, 0) is 13.8 Å². The highest BCUT2D eigenvalue weighted by Crippen LogP contribution is 2.25. The van der Waals surface area contributed by atoms with E-state index < -0.39 is 4.92 Å². The molecule has 18 heavy (non-hydrogen) atoms. The first-order valence-corrected chi connectivity index (χ1v) is 5.53. The van der Waals surface area contributed by atoms with Gasteiger partial charge < -0.3 is 14.9 Å². The Morgan fingerprint density at radius 3 is 2.67 bits per heavy atom. The van der Waals surface area contributed by atoms with Gasteiger partial charge in [-0.3, -0.25) is 16.0 Å². The molecule has 0 saturated heterocycles. The normalized spacial score (nSPS) is 10.4. The van der Waals surface area contributed by atoms with Gasteiger partial charge >= 0.3 is 0 Å². The lowest BCUT2D eigenvalue weighted by atomic mass is 10.2. The van der Waals surface area contributed by atoms with Crippen LogP contribution in [0.2, 0.25) is 0 Å². The molecule has 1 aromatic carbocycles. The highest BCUT2D eigenvalue weighted by molar-refractivity contribution is 5.55. The number of nitrogens with zero attached hydrogens (tertiary/aromatic N) is 1. The van der Waals surface area contributed by atoms with Crippen molar-refractivity contribution in [1.29, 1.82) is 0 Å². The molecule has 0 aliphatic carbocycles. The number of hydrogen-bond donors (Lipinski definition) is 2. The molecular weight excluding hydrogens is 238 g/mol. The molecule has 0 fully saturated rings. The molecule has 0 atom stereocenters. The van der Waals surface area contributed by atoms with Crippen molar-refractivity contribution in [3.63, 3.8) is 0 Å². The summed E-state index contributed by atoms with van der Waals surface area (Å²) in [6.45, 7) is 4.59. The number of hydrazine groups is 1. The lowest BCUT2D eigenvalue weighted by molar-refractivity contribution is -0.384. The monoisotopic (exact) mass is 255 g/mol. The van der Waals surface area contributed by atoms with Crippen molar-refractivity contribution in [2.45, 2.75) is 20.0 Å². The van der Waals surface area contributed by atoms with Gasteiger partial charge in [-0.25, -0.2) is 0 Å². The molecule has 0 radical (unpaired) electrons. The zero-order chi connectivity index (χ0) is 13.5. The molecule has 1 rings (SSSR count). The van der Waals surface area contributed by atoms with Crippen LogP contribution in [0, 0.1) is 10.1 Å². The summed E-state index contributed by atoms with van der Waals surface area (Å²) in [4.78, 5) is 10.2. The van der Waals surface area contributed by atoms with E-state index in [9.17, 15) is 10.1 Å². The molecule has 0 saturated carbocycles. The molecule has 0 aliphatic heterocycles. The topological polar surface area (TPSA) is 99.7 Å². The van der Waals surface area contributed by atoms with Crippen molar-refractivity contribution in [2.75, 3.05) is 18.6 Å². The third-order valence-corrected chi connectivity index (χ3v) is 2.07. The maximum atomic E-state index is 10.7. The van der Waals surface area contributed by atoms with Crippen LogP contribution in [0.1, 0.15) is 13.8 Å². The summed E-state index contributed by atoms with van der Waals surface area (Å²) in [5.74, 6) is 5.61. The molecule has 7 nitrogen and oxygen atoms in total. The number of nitrogens with one attached hydrogen (secondary N) is 1. The van der Waals surface area contributed by atoms with E-state index in [-0.39, 0.29) is 11.8 Å². The summed E-state index contributed by atoms with van der Waals surface area (Å²) < 4.78 is 10.7. The smallest absolute Gasteiger partial charge is 0.275 e. The molecule has 0 heterocycles. The average molecular weight is 255 g/mol. The van der Waals surface area contributed by atoms with E-state index >= 15 is 0 Å². The Kier molecular flexibility index (Phi) is 5.34. The number of benzene rings is 1. The van der Waals surface area contributed by atoms with Crippen LogP contribution < -0.4 is 16.0 Å². The number of rotatable bonds is 7. The van der Waals surface area contributed by atoms with Crippen LogP contribution in [0.3, 0.4) is 0 Å². The van der Waals surface area contributed by atoms with Crippen LogP contribution in [0.25, 0.3) is 0 Å². The van der Waals surface area contributed by atoms with Crippen molar-refractivity contribution in [3.05, 3.63) is 28.3 Å². The minimum atomic E-state index is -0.502. The first-order chi connectivity index (χ1) is 8.52. The first-order valence-electron chi connectivity index (χ1n) is 5.53. The van der Waals surface area contributed by atoms with E-state index in [1.54, 1.807) is 6.07 Å². The van der Waals surface area contributed by atoms with Crippen molar-refractivity contribution >= 4 is 11.4 Å². The van der Waals surface area contributed by atoms with Crippen LogP contribution >= 0.6 is 0 Å². The second-order valence-electron chi connectivity index (χ2n) is 3.89. The largest absolute Gasteiger partial charge is 0.491 e. The summed E-state index contributed by atoms with van der Waals surface area (Å²) in [7, 11) is 0. The van der Waals surface area contributed by atoms with Crippen LogP contribution in [-0.2, 0) is 4.74 Å². The number of hydrogen-bond acceptors (Lipinski definition) is 6. The summed E-state index contributed by atoms with van der Waals surface area (Å²) in [6, 6.07) is 4.26. The fraction of sp³-hybridized carbons (Fsp3) is 0.455. The van der Waals surface area contributed by atoms with Crippen LogP contribution in [-0.4, -0.2) is 24.2 Å². The van der Waals surface area contributed by atoms with Crippen LogP contribution in [0.5, 0.6) is 5.75 Å². The van der Waals surface area contributed by atoms with E-state index in [0.717, 1.165) is 0 Å². The van der Waals surface area contributed by atoms with E-state index in [1.165, 1.54) is 12.1 Å². The van der Waals surface area contributed by atoms with Crippen molar-refractivity contribution in [3.8, 4) is 5.75 Å². The second kappa shape index (κ2) is 6.77. The predicted octanol–water partition coefficient (Wildman–Crippen LogP) is 1.68. The van der Waals surface area contributed by atoms with Crippen molar-refractivity contribution in [1.82, 2.24) is 0 Å². The molecule has 0 aromatic heterocycles. The van der Waals surface area contributed by atoms with Gasteiger partial charge in [0.1, 0.15) is 12.4 Å². The van der Waals surface area contributed by atoms with E-state index in [0.29, 0.717) is 24.7 Å². The maximum Gasteiger partial charge on any atom is 0.275 e. The summed E-state index contributed by atoms with van der Waals surface area (Å²) in [6.07, 6.45) is 0.125.